The number of rotatable bonds is 2. The summed E-state index contributed by atoms with van der Waals surface area (Å²) in [6.07, 6.45) is 1.68. The maximum atomic E-state index is 12.6. The SMILES string of the molecule is O=C(c1cc(Br)ccc1Cl)c1c[nH]c2cc(Cl)ccc12. The van der Waals surface area contributed by atoms with Gasteiger partial charge in [0.25, 0.3) is 0 Å². The van der Waals surface area contributed by atoms with Crippen molar-refractivity contribution >= 4 is 55.8 Å². The molecule has 0 spiro atoms. The first-order valence-corrected chi connectivity index (χ1v) is 7.37. The Morgan fingerprint density at radius 3 is 2.65 bits per heavy atom. The molecule has 100 valence electrons. The van der Waals surface area contributed by atoms with E-state index in [1.807, 2.05) is 6.07 Å². The lowest BCUT2D eigenvalue weighted by atomic mass is 10.0. The van der Waals surface area contributed by atoms with Crippen LogP contribution in [0.15, 0.2) is 47.1 Å². The van der Waals surface area contributed by atoms with Crippen LogP contribution < -0.4 is 0 Å². The van der Waals surface area contributed by atoms with Gasteiger partial charge in [0.2, 0.25) is 0 Å². The molecule has 0 saturated heterocycles. The fraction of sp³-hybridized carbons (Fsp3) is 0. The van der Waals surface area contributed by atoms with Gasteiger partial charge in [0, 0.05) is 37.7 Å². The normalized spacial score (nSPS) is 10.9. The topological polar surface area (TPSA) is 32.9 Å². The molecule has 0 fully saturated rings. The first-order chi connectivity index (χ1) is 9.56. The second-order valence-electron chi connectivity index (χ2n) is 4.35. The number of aromatic nitrogens is 1. The average molecular weight is 369 g/mol. The van der Waals surface area contributed by atoms with Gasteiger partial charge in [-0.25, -0.2) is 0 Å². The van der Waals surface area contributed by atoms with Gasteiger partial charge in [-0.15, -0.1) is 0 Å². The highest BCUT2D eigenvalue weighted by molar-refractivity contribution is 9.10. The number of nitrogens with one attached hydrogen (secondary N) is 1. The molecular weight excluding hydrogens is 361 g/mol. The molecule has 20 heavy (non-hydrogen) atoms. The van der Waals surface area contributed by atoms with Crippen LogP contribution in [0.1, 0.15) is 15.9 Å². The van der Waals surface area contributed by atoms with Crippen molar-refractivity contribution in [3.8, 4) is 0 Å². The molecule has 5 heteroatoms. The van der Waals surface area contributed by atoms with Crippen LogP contribution in [0.4, 0.5) is 0 Å². The molecule has 0 bridgehead atoms. The van der Waals surface area contributed by atoms with Gasteiger partial charge in [-0.2, -0.15) is 0 Å². The Labute approximate surface area is 133 Å². The molecule has 2 nitrogen and oxygen atoms in total. The molecule has 1 N–H and O–H groups in total. The van der Waals surface area contributed by atoms with Crippen LogP contribution in [0.5, 0.6) is 0 Å². The Kier molecular flexibility index (Phi) is 3.59. The van der Waals surface area contributed by atoms with E-state index in [9.17, 15) is 4.79 Å². The molecule has 0 aliphatic rings. The van der Waals surface area contributed by atoms with Gasteiger partial charge in [-0.1, -0.05) is 45.2 Å². The summed E-state index contributed by atoms with van der Waals surface area (Å²) in [5.74, 6) is -0.120. The Hall–Kier alpha value is -1.29. The monoisotopic (exact) mass is 367 g/mol. The van der Waals surface area contributed by atoms with Gasteiger partial charge in [0.05, 0.1) is 5.02 Å². The third-order valence-electron chi connectivity index (χ3n) is 3.06. The molecule has 3 aromatic rings. The highest BCUT2D eigenvalue weighted by Gasteiger charge is 2.17. The maximum absolute atomic E-state index is 12.6. The minimum absolute atomic E-state index is 0.120. The Balaban J connectivity index is 2.15. The van der Waals surface area contributed by atoms with E-state index < -0.39 is 0 Å². The number of H-pyrrole nitrogens is 1. The van der Waals surface area contributed by atoms with Crippen LogP contribution in [-0.2, 0) is 0 Å². The van der Waals surface area contributed by atoms with Gasteiger partial charge in [-0.3, -0.25) is 4.79 Å². The molecule has 0 amide bonds. The predicted octanol–water partition coefficient (Wildman–Crippen LogP) is 5.47. The quantitative estimate of drug-likeness (QED) is 0.598. The number of benzene rings is 2. The van der Waals surface area contributed by atoms with E-state index >= 15 is 0 Å². The van der Waals surface area contributed by atoms with E-state index in [0.717, 1.165) is 15.4 Å². The molecule has 2 aromatic carbocycles. The van der Waals surface area contributed by atoms with Crippen LogP contribution in [0.2, 0.25) is 10.0 Å². The van der Waals surface area contributed by atoms with Crippen molar-refractivity contribution < 1.29 is 4.79 Å². The number of fused-ring (bicyclic) bond motifs is 1. The van der Waals surface area contributed by atoms with Gasteiger partial charge in [0.1, 0.15) is 0 Å². The zero-order valence-corrected chi connectivity index (χ0v) is 13.2. The lowest BCUT2D eigenvalue weighted by Crippen LogP contribution is -2.01. The molecule has 1 heterocycles. The van der Waals surface area contributed by atoms with Gasteiger partial charge >= 0.3 is 0 Å². The molecule has 0 unspecified atom stereocenters. The fourth-order valence-electron chi connectivity index (χ4n) is 2.10. The Morgan fingerprint density at radius 1 is 1.05 bits per heavy atom. The third kappa shape index (κ3) is 2.37. The number of carbonyl (C=O) groups is 1. The molecule has 1 aromatic heterocycles. The predicted molar refractivity (Wildman–Crippen MR) is 85.9 cm³/mol. The number of ketones is 1. The number of aromatic amines is 1. The highest BCUT2D eigenvalue weighted by atomic mass is 79.9. The average Bonchev–Trinajstić information content (AvgIpc) is 2.83. The zero-order valence-electron chi connectivity index (χ0n) is 10.1. The fourth-order valence-corrected chi connectivity index (χ4v) is 2.84. The van der Waals surface area contributed by atoms with E-state index in [0.29, 0.717) is 21.2 Å². The van der Waals surface area contributed by atoms with Crippen molar-refractivity contribution in [3.63, 3.8) is 0 Å². The van der Waals surface area contributed by atoms with Crippen LogP contribution in [0.25, 0.3) is 10.9 Å². The summed E-state index contributed by atoms with van der Waals surface area (Å²) in [5, 5.41) is 1.88. The van der Waals surface area contributed by atoms with E-state index in [-0.39, 0.29) is 5.78 Å². The molecule has 3 rings (SSSR count). The largest absolute Gasteiger partial charge is 0.360 e. The summed E-state index contributed by atoms with van der Waals surface area (Å²) in [6.45, 7) is 0. The summed E-state index contributed by atoms with van der Waals surface area (Å²) < 4.78 is 0.813. The van der Waals surface area contributed by atoms with Crippen molar-refractivity contribution in [1.29, 1.82) is 0 Å². The minimum Gasteiger partial charge on any atom is -0.360 e. The van der Waals surface area contributed by atoms with Crippen molar-refractivity contribution in [2.75, 3.05) is 0 Å². The standard InChI is InChI=1S/C15H8BrCl2NO/c16-8-1-4-13(18)11(5-8)15(20)12-7-19-14-6-9(17)2-3-10(12)14/h1-7,19H. The first kappa shape index (κ1) is 13.7. The number of hydrogen-bond donors (Lipinski definition) is 1. The van der Waals surface area contributed by atoms with Crippen molar-refractivity contribution in [2.45, 2.75) is 0 Å². The van der Waals surface area contributed by atoms with Gasteiger partial charge in [-0.05, 0) is 30.3 Å². The lowest BCUT2D eigenvalue weighted by Gasteiger charge is -2.03. The summed E-state index contributed by atoms with van der Waals surface area (Å²) in [6, 6.07) is 10.6. The van der Waals surface area contributed by atoms with E-state index in [2.05, 4.69) is 20.9 Å². The van der Waals surface area contributed by atoms with E-state index in [1.165, 1.54) is 0 Å². The molecule has 0 atom stereocenters. The summed E-state index contributed by atoms with van der Waals surface area (Å²) in [5.41, 5.74) is 1.88. The number of hydrogen-bond acceptors (Lipinski definition) is 1. The van der Waals surface area contributed by atoms with Crippen LogP contribution in [0, 0.1) is 0 Å². The summed E-state index contributed by atoms with van der Waals surface area (Å²) >= 11 is 15.4. The van der Waals surface area contributed by atoms with Crippen LogP contribution in [0.3, 0.4) is 0 Å². The van der Waals surface area contributed by atoms with Crippen molar-refractivity contribution in [2.24, 2.45) is 0 Å². The van der Waals surface area contributed by atoms with E-state index in [1.54, 1.807) is 36.5 Å². The smallest absolute Gasteiger partial charge is 0.196 e. The Bertz CT molecular complexity index is 826. The molecule has 0 aliphatic carbocycles. The van der Waals surface area contributed by atoms with Crippen molar-refractivity contribution in [3.05, 3.63) is 68.2 Å². The third-order valence-corrected chi connectivity index (χ3v) is 4.12. The van der Waals surface area contributed by atoms with Crippen LogP contribution >= 0.6 is 39.1 Å². The Morgan fingerprint density at radius 2 is 1.85 bits per heavy atom. The second kappa shape index (κ2) is 5.24. The molecule has 0 aliphatic heterocycles. The van der Waals surface area contributed by atoms with Crippen LogP contribution in [-0.4, -0.2) is 10.8 Å². The highest BCUT2D eigenvalue weighted by Crippen LogP contribution is 2.28. The number of halogens is 3. The lowest BCUT2D eigenvalue weighted by molar-refractivity contribution is 0.104. The van der Waals surface area contributed by atoms with E-state index in [4.69, 9.17) is 23.2 Å². The maximum Gasteiger partial charge on any atom is 0.196 e. The molecule has 0 saturated carbocycles. The minimum atomic E-state index is -0.120. The zero-order chi connectivity index (χ0) is 14.3. The van der Waals surface area contributed by atoms with Crippen molar-refractivity contribution in [1.82, 2.24) is 4.98 Å². The summed E-state index contributed by atoms with van der Waals surface area (Å²) in [4.78, 5) is 15.7. The number of carbonyl (C=O) groups excluding carboxylic acids is 1. The van der Waals surface area contributed by atoms with Gasteiger partial charge in [0.15, 0.2) is 5.78 Å². The molecular formula is C15H8BrCl2NO. The molecule has 0 radical (unpaired) electrons. The summed E-state index contributed by atoms with van der Waals surface area (Å²) in [7, 11) is 0. The van der Waals surface area contributed by atoms with Gasteiger partial charge < -0.3 is 4.98 Å². The second-order valence-corrected chi connectivity index (χ2v) is 6.10. The first-order valence-electron chi connectivity index (χ1n) is 5.82.